The minimum atomic E-state index is -0.746. The van der Waals surface area contributed by atoms with E-state index in [1.807, 2.05) is 54.6 Å². The van der Waals surface area contributed by atoms with Gasteiger partial charge in [-0.1, -0.05) is 58.4 Å². The number of carbonyl (C=O) groups excluding carboxylic acids is 1. The summed E-state index contributed by atoms with van der Waals surface area (Å²) in [5.41, 5.74) is 1.77. The Balaban J connectivity index is 2.09. The van der Waals surface area contributed by atoms with Crippen molar-refractivity contribution >= 4 is 33.4 Å². The van der Waals surface area contributed by atoms with Crippen molar-refractivity contribution in [2.75, 3.05) is 12.4 Å². The molecule has 0 spiro atoms. The highest BCUT2D eigenvalue weighted by Crippen LogP contribution is 2.19. The van der Waals surface area contributed by atoms with Crippen LogP contribution in [0.3, 0.4) is 0 Å². The Bertz CT molecular complexity index is 604. The van der Waals surface area contributed by atoms with Crippen LogP contribution in [0.5, 0.6) is 0 Å². The molecule has 0 saturated carbocycles. The first-order chi connectivity index (χ1) is 10.6. The maximum Gasteiger partial charge on any atom is 0.237 e. The standard InChI is InChI=1S/C17H17BrClNO2/c18-15-8-6-14(7-9-15)16(21)12-20(17(22)10-19)11-13-4-2-1-3-5-13/h1-9,16,21H,10-12H2. The molecule has 2 aromatic rings. The fraction of sp³-hybridized carbons (Fsp3) is 0.235. The molecule has 22 heavy (non-hydrogen) atoms. The number of aliphatic hydroxyl groups excluding tert-OH is 1. The van der Waals surface area contributed by atoms with Crippen molar-refractivity contribution < 1.29 is 9.90 Å². The summed E-state index contributed by atoms with van der Waals surface area (Å²) < 4.78 is 0.946. The van der Waals surface area contributed by atoms with Crippen molar-refractivity contribution in [3.8, 4) is 0 Å². The molecule has 3 nitrogen and oxygen atoms in total. The molecule has 0 aliphatic rings. The van der Waals surface area contributed by atoms with Gasteiger partial charge in [-0.2, -0.15) is 0 Å². The molecule has 0 fully saturated rings. The van der Waals surface area contributed by atoms with E-state index in [1.165, 1.54) is 0 Å². The molecule has 0 saturated heterocycles. The van der Waals surface area contributed by atoms with Crippen LogP contribution in [-0.4, -0.2) is 28.3 Å². The molecule has 0 aliphatic heterocycles. The highest BCUT2D eigenvalue weighted by Gasteiger charge is 2.18. The van der Waals surface area contributed by atoms with Gasteiger partial charge >= 0.3 is 0 Å². The second-order valence-electron chi connectivity index (χ2n) is 4.96. The van der Waals surface area contributed by atoms with Crippen LogP contribution < -0.4 is 0 Å². The lowest BCUT2D eigenvalue weighted by molar-refractivity contribution is -0.130. The number of hydrogen-bond donors (Lipinski definition) is 1. The topological polar surface area (TPSA) is 40.5 Å². The molecule has 5 heteroatoms. The molecule has 1 atom stereocenters. The molecule has 1 unspecified atom stereocenters. The van der Waals surface area contributed by atoms with Crippen LogP contribution in [-0.2, 0) is 11.3 Å². The lowest BCUT2D eigenvalue weighted by Gasteiger charge is -2.25. The van der Waals surface area contributed by atoms with E-state index in [2.05, 4.69) is 15.9 Å². The Kier molecular flexibility index (Phi) is 6.43. The van der Waals surface area contributed by atoms with Gasteiger partial charge in [0.05, 0.1) is 12.6 Å². The first-order valence-corrected chi connectivity index (χ1v) is 8.24. The SMILES string of the molecule is O=C(CCl)N(Cc1ccccc1)CC(O)c1ccc(Br)cc1. The molecule has 0 aromatic heterocycles. The second kappa shape index (κ2) is 8.32. The van der Waals surface area contributed by atoms with E-state index >= 15 is 0 Å². The van der Waals surface area contributed by atoms with E-state index in [9.17, 15) is 9.90 Å². The molecular weight excluding hydrogens is 366 g/mol. The van der Waals surface area contributed by atoms with E-state index in [4.69, 9.17) is 11.6 Å². The summed E-state index contributed by atoms with van der Waals surface area (Å²) in [5.74, 6) is -0.290. The van der Waals surface area contributed by atoms with Gasteiger partial charge in [0.25, 0.3) is 0 Å². The number of hydrogen-bond acceptors (Lipinski definition) is 2. The van der Waals surface area contributed by atoms with Crippen molar-refractivity contribution in [1.29, 1.82) is 0 Å². The molecule has 2 rings (SSSR count). The molecule has 0 aliphatic carbocycles. The molecule has 0 bridgehead atoms. The molecule has 1 N–H and O–H groups in total. The second-order valence-corrected chi connectivity index (χ2v) is 6.14. The van der Waals surface area contributed by atoms with E-state index in [0.29, 0.717) is 6.54 Å². The van der Waals surface area contributed by atoms with Gasteiger partial charge in [0.15, 0.2) is 0 Å². The average Bonchev–Trinajstić information content (AvgIpc) is 2.55. The maximum absolute atomic E-state index is 12.0. The summed E-state index contributed by atoms with van der Waals surface area (Å²) in [6.07, 6.45) is -0.746. The predicted molar refractivity (Wildman–Crippen MR) is 91.7 cm³/mol. The molecule has 0 heterocycles. The smallest absolute Gasteiger partial charge is 0.237 e. The number of aliphatic hydroxyl groups is 1. The molecule has 1 amide bonds. The quantitative estimate of drug-likeness (QED) is 0.773. The van der Waals surface area contributed by atoms with Crippen LogP contribution >= 0.6 is 27.5 Å². The van der Waals surface area contributed by atoms with Gasteiger partial charge < -0.3 is 10.0 Å². The van der Waals surface area contributed by atoms with Crippen LogP contribution in [0, 0.1) is 0 Å². The Morgan fingerprint density at radius 1 is 1.14 bits per heavy atom. The molecule has 0 radical (unpaired) electrons. The normalized spacial score (nSPS) is 12.0. The zero-order valence-corrected chi connectivity index (χ0v) is 14.3. The maximum atomic E-state index is 12.0. The van der Waals surface area contributed by atoms with Gasteiger partial charge in [-0.05, 0) is 23.3 Å². The zero-order valence-electron chi connectivity index (χ0n) is 12.0. The Morgan fingerprint density at radius 3 is 2.36 bits per heavy atom. The number of nitrogens with zero attached hydrogens (tertiary/aromatic N) is 1. The highest BCUT2D eigenvalue weighted by atomic mass is 79.9. The van der Waals surface area contributed by atoms with Crippen molar-refractivity contribution in [2.45, 2.75) is 12.6 Å². The first-order valence-electron chi connectivity index (χ1n) is 6.91. The van der Waals surface area contributed by atoms with Gasteiger partial charge in [-0.25, -0.2) is 0 Å². The summed E-state index contributed by atoms with van der Waals surface area (Å²) >= 11 is 9.04. The van der Waals surface area contributed by atoms with E-state index in [-0.39, 0.29) is 18.3 Å². The van der Waals surface area contributed by atoms with Gasteiger partial charge in [0, 0.05) is 11.0 Å². The van der Waals surface area contributed by atoms with E-state index in [1.54, 1.807) is 4.90 Å². The summed E-state index contributed by atoms with van der Waals surface area (Å²) in [7, 11) is 0. The summed E-state index contributed by atoms with van der Waals surface area (Å²) in [6, 6.07) is 17.1. The van der Waals surface area contributed by atoms with E-state index < -0.39 is 6.10 Å². The van der Waals surface area contributed by atoms with Crippen LogP contribution in [0.4, 0.5) is 0 Å². The van der Waals surface area contributed by atoms with Crippen molar-refractivity contribution in [1.82, 2.24) is 4.90 Å². The van der Waals surface area contributed by atoms with Gasteiger partial charge in [-0.3, -0.25) is 4.79 Å². The zero-order chi connectivity index (χ0) is 15.9. The summed E-state index contributed by atoms with van der Waals surface area (Å²) in [6.45, 7) is 0.641. The van der Waals surface area contributed by atoms with Crippen LogP contribution in [0.15, 0.2) is 59.1 Å². The van der Waals surface area contributed by atoms with Crippen LogP contribution in [0.1, 0.15) is 17.2 Å². The fourth-order valence-corrected chi connectivity index (χ4v) is 2.58. The van der Waals surface area contributed by atoms with Gasteiger partial charge in [-0.15, -0.1) is 11.6 Å². The lowest BCUT2D eigenvalue weighted by Crippen LogP contribution is -2.35. The third-order valence-electron chi connectivity index (χ3n) is 3.33. The number of carbonyl (C=O) groups is 1. The number of halogens is 2. The largest absolute Gasteiger partial charge is 0.387 e. The van der Waals surface area contributed by atoms with Crippen molar-refractivity contribution in [3.63, 3.8) is 0 Å². The number of amides is 1. The van der Waals surface area contributed by atoms with Crippen LogP contribution in [0.25, 0.3) is 0 Å². The Hall–Kier alpha value is -1.36. The van der Waals surface area contributed by atoms with Crippen molar-refractivity contribution in [3.05, 3.63) is 70.2 Å². The first kappa shape index (κ1) is 17.0. The Labute approximate surface area is 143 Å². The average molecular weight is 383 g/mol. The Morgan fingerprint density at radius 2 is 1.77 bits per heavy atom. The van der Waals surface area contributed by atoms with Crippen LogP contribution in [0.2, 0.25) is 0 Å². The van der Waals surface area contributed by atoms with E-state index in [0.717, 1.165) is 15.6 Å². The minimum absolute atomic E-state index is 0.0973. The molecule has 116 valence electrons. The lowest BCUT2D eigenvalue weighted by atomic mass is 10.1. The number of rotatable bonds is 6. The summed E-state index contributed by atoms with van der Waals surface area (Å²) in [4.78, 5) is 13.6. The number of benzene rings is 2. The van der Waals surface area contributed by atoms with Gasteiger partial charge in [0.1, 0.15) is 5.88 Å². The number of alkyl halides is 1. The third kappa shape index (κ3) is 4.83. The molecular formula is C17H17BrClNO2. The molecule has 2 aromatic carbocycles. The van der Waals surface area contributed by atoms with Crippen molar-refractivity contribution in [2.24, 2.45) is 0 Å². The minimum Gasteiger partial charge on any atom is -0.387 e. The fourth-order valence-electron chi connectivity index (χ4n) is 2.14. The predicted octanol–water partition coefficient (Wildman–Crippen LogP) is 3.75. The third-order valence-corrected chi connectivity index (χ3v) is 4.09. The van der Waals surface area contributed by atoms with Gasteiger partial charge in [0.2, 0.25) is 5.91 Å². The monoisotopic (exact) mass is 381 g/mol. The summed E-state index contributed by atoms with van der Waals surface area (Å²) in [5, 5.41) is 10.4. The highest BCUT2D eigenvalue weighted by molar-refractivity contribution is 9.10.